The van der Waals surface area contributed by atoms with Gasteiger partial charge in [-0.15, -0.1) is 0 Å². The summed E-state index contributed by atoms with van der Waals surface area (Å²) in [6.07, 6.45) is 15.6. The maximum atomic E-state index is 6.86. The molecular weight excluding hydrogens is 727 g/mol. The Hall–Kier alpha value is -6.90. The van der Waals surface area contributed by atoms with Crippen LogP contribution in [0.5, 0.6) is 0 Å². The van der Waals surface area contributed by atoms with E-state index in [1.807, 2.05) is 0 Å². The highest BCUT2D eigenvalue weighted by atomic mass is 16.3. The molecule has 2 heterocycles. The lowest BCUT2D eigenvalue weighted by Gasteiger charge is -2.35. The lowest BCUT2D eigenvalue weighted by molar-refractivity contribution is 0.509. The van der Waals surface area contributed by atoms with Gasteiger partial charge in [-0.25, -0.2) is 0 Å². The second kappa shape index (κ2) is 13.9. The van der Waals surface area contributed by atoms with Gasteiger partial charge in [-0.2, -0.15) is 0 Å². The Morgan fingerprint density at radius 1 is 0.650 bits per heavy atom. The van der Waals surface area contributed by atoms with E-state index in [1.165, 1.54) is 78.0 Å². The van der Waals surface area contributed by atoms with Crippen molar-refractivity contribution < 1.29 is 4.42 Å². The zero-order valence-electron chi connectivity index (χ0n) is 33.7. The Bertz CT molecular complexity index is 2980. The number of benzene rings is 7. The lowest BCUT2D eigenvalue weighted by atomic mass is 9.67. The summed E-state index contributed by atoms with van der Waals surface area (Å²) in [5, 5.41) is 1.21. The van der Waals surface area contributed by atoms with Crippen LogP contribution in [0.1, 0.15) is 74.6 Å². The van der Waals surface area contributed by atoms with E-state index in [0.29, 0.717) is 11.8 Å². The SMILES string of the molecule is CC1C=Cc2c(oc3c(C(Cc4ccc5c(c4)C(c4ccccc4)(c4ccccc4)c4cccc(N6c7ccccc7C7C=CC=CC76)c4-5)c4ccccc4)cccc23)C1. The molecule has 2 nitrogen and oxygen atoms in total. The average Bonchev–Trinajstić information content (AvgIpc) is 3.95. The molecule has 0 bridgehead atoms. The van der Waals surface area contributed by atoms with Crippen LogP contribution in [-0.2, 0) is 18.3 Å². The summed E-state index contributed by atoms with van der Waals surface area (Å²) in [7, 11) is 0. The summed E-state index contributed by atoms with van der Waals surface area (Å²) in [6.45, 7) is 2.27. The van der Waals surface area contributed by atoms with Crippen molar-refractivity contribution in [3.63, 3.8) is 0 Å². The molecule has 1 aromatic heterocycles. The van der Waals surface area contributed by atoms with Gasteiger partial charge in [0.1, 0.15) is 11.3 Å². The number of anilines is 2. The van der Waals surface area contributed by atoms with E-state index in [4.69, 9.17) is 4.42 Å². The highest BCUT2D eigenvalue weighted by molar-refractivity contribution is 5.97. The second-order valence-corrected chi connectivity index (χ2v) is 17.1. The molecule has 0 N–H and O–H groups in total. The summed E-state index contributed by atoms with van der Waals surface area (Å²) in [6, 6.07) is 63.9. The molecule has 4 atom stereocenters. The molecule has 288 valence electrons. The van der Waals surface area contributed by atoms with Gasteiger partial charge in [0.25, 0.3) is 0 Å². The van der Waals surface area contributed by atoms with Crippen LogP contribution in [0.4, 0.5) is 11.4 Å². The molecule has 0 saturated heterocycles. The van der Waals surface area contributed by atoms with E-state index in [-0.39, 0.29) is 12.0 Å². The van der Waals surface area contributed by atoms with Gasteiger partial charge in [-0.1, -0.05) is 201 Å². The fourth-order valence-corrected chi connectivity index (χ4v) is 11.2. The molecule has 4 aliphatic rings. The van der Waals surface area contributed by atoms with E-state index in [0.717, 1.165) is 24.2 Å². The van der Waals surface area contributed by atoms with E-state index in [1.54, 1.807) is 0 Å². The largest absolute Gasteiger partial charge is 0.460 e. The number of allylic oxidation sites excluding steroid dienone is 3. The molecular formula is C58H45NO. The van der Waals surface area contributed by atoms with Crippen LogP contribution < -0.4 is 4.90 Å². The Labute approximate surface area is 352 Å². The molecule has 0 fully saturated rings. The molecule has 7 aromatic carbocycles. The zero-order valence-corrected chi connectivity index (χ0v) is 33.7. The predicted molar refractivity (Wildman–Crippen MR) is 247 cm³/mol. The standard InChI is InChI=1S/C58H45NO/c1-38-31-33-45-46-25-15-26-47(57(46)60-55(45)35-38)49(40-17-5-2-6-18-40)36-39-32-34-48-51(37-39)58(41-19-7-3-8-20-41,42-21-9-4-10-22-42)50-27-16-30-54(56(48)50)59-52-28-13-11-23-43(52)44-24-12-14-29-53(44)59/h2-34,37-38,43,49,52H,35-36H2,1H3. The third kappa shape index (κ3) is 5.20. The molecule has 2 heteroatoms. The van der Waals surface area contributed by atoms with E-state index >= 15 is 0 Å². The molecule has 0 amide bonds. The number of hydrogen-bond donors (Lipinski definition) is 0. The van der Waals surface area contributed by atoms with Crippen molar-refractivity contribution in [1.82, 2.24) is 0 Å². The minimum Gasteiger partial charge on any atom is -0.460 e. The van der Waals surface area contributed by atoms with Gasteiger partial charge in [-0.3, -0.25) is 0 Å². The van der Waals surface area contributed by atoms with Crippen LogP contribution in [-0.4, -0.2) is 6.04 Å². The zero-order chi connectivity index (χ0) is 39.8. The second-order valence-electron chi connectivity index (χ2n) is 17.1. The van der Waals surface area contributed by atoms with Gasteiger partial charge in [0, 0.05) is 51.7 Å². The predicted octanol–water partition coefficient (Wildman–Crippen LogP) is 14.1. The minimum absolute atomic E-state index is 0.0910. The van der Waals surface area contributed by atoms with E-state index in [9.17, 15) is 0 Å². The number of para-hydroxylation sites is 2. The Balaban J connectivity index is 1.08. The molecule has 8 aromatic rings. The first-order valence-electron chi connectivity index (χ1n) is 21.6. The summed E-state index contributed by atoms with van der Waals surface area (Å²) in [5.74, 6) is 1.97. The third-order valence-corrected chi connectivity index (χ3v) is 13.8. The highest BCUT2D eigenvalue weighted by Gasteiger charge is 2.49. The van der Waals surface area contributed by atoms with Crippen molar-refractivity contribution in [3.05, 3.63) is 256 Å². The van der Waals surface area contributed by atoms with Gasteiger partial charge in [-0.05, 0) is 69.0 Å². The topological polar surface area (TPSA) is 16.4 Å². The monoisotopic (exact) mass is 771 g/mol. The van der Waals surface area contributed by atoms with E-state index in [2.05, 4.69) is 218 Å². The first kappa shape index (κ1) is 35.1. The van der Waals surface area contributed by atoms with Crippen LogP contribution in [0.3, 0.4) is 0 Å². The normalized spacial score (nSPS) is 19.4. The molecule has 1 aliphatic heterocycles. The molecule has 12 rings (SSSR count). The summed E-state index contributed by atoms with van der Waals surface area (Å²) < 4.78 is 6.86. The van der Waals surface area contributed by atoms with Crippen molar-refractivity contribution in [2.24, 2.45) is 5.92 Å². The molecule has 0 saturated carbocycles. The van der Waals surface area contributed by atoms with Gasteiger partial charge < -0.3 is 9.32 Å². The maximum absolute atomic E-state index is 6.86. The van der Waals surface area contributed by atoms with Gasteiger partial charge in [0.05, 0.1) is 11.5 Å². The smallest absolute Gasteiger partial charge is 0.138 e. The van der Waals surface area contributed by atoms with Crippen LogP contribution >= 0.6 is 0 Å². The fourth-order valence-electron chi connectivity index (χ4n) is 11.2. The maximum Gasteiger partial charge on any atom is 0.138 e. The first-order valence-corrected chi connectivity index (χ1v) is 21.6. The number of rotatable bonds is 7. The number of nitrogens with zero attached hydrogens (tertiary/aromatic N) is 1. The Morgan fingerprint density at radius 3 is 2.15 bits per heavy atom. The fraction of sp³-hybridized carbons (Fsp3) is 0.138. The average molecular weight is 772 g/mol. The van der Waals surface area contributed by atoms with Crippen molar-refractivity contribution >= 4 is 28.4 Å². The van der Waals surface area contributed by atoms with Gasteiger partial charge >= 0.3 is 0 Å². The number of fused-ring (bicyclic) bond motifs is 9. The van der Waals surface area contributed by atoms with Crippen molar-refractivity contribution in [2.45, 2.75) is 43.1 Å². The molecule has 3 aliphatic carbocycles. The van der Waals surface area contributed by atoms with Crippen LogP contribution in [0.15, 0.2) is 205 Å². The van der Waals surface area contributed by atoms with Crippen LogP contribution in [0, 0.1) is 5.92 Å². The Morgan fingerprint density at radius 2 is 1.35 bits per heavy atom. The van der Waals surface area contributed by atoms with Gasteiger partial charge in [0.2, 0.25) is 0 Å². The molecule has 4 unspecified atom stereocenters. The van der Waals surface area contributed by atoms with Crippen LogP contribution in [0.2, 0.25) is 0 Å². The van der Waals surface area contributed by atoms with Crippen molar-refractivity contribution in [3.8, 4) is 11.1 Å². The van der Waals surface area contributed by atoms with Gasteiger partial charge in [0.15, 0.2) is 0 Å². The molecule has 0 spiro atoms. The lowest BCUT2D eigenvalue weighted by Crippen LogP contribution is -2.30. The number of hydrogen-bond acceptors (Lipinski definition) is 2. The van der Waals surface area contributed by atoms with Crippen molar-refractivity contribution in [1.29, 1.82) is 0 Å². The number of furan rings is 1. The minimum atomic E-state index is -0.536. The summed E-state index contributed by atoms with van der Waals surface area (Å²) in [4.78, 5) is 2.62. The third-order valence-electron chi connectivity index (χ3n) is 13.8. The van der Waals surface area contributed by atoms with E-state index < -0.39 is 5.41 Å². The quantitative estimate of drug-likeness (QED) is 0.160. The van der Waals surface area contributed by atoms with Crippen LogP contribution in [0.25, 0.3) is 28.2 Å². The highest BCUT2D eigenvalue weighted by Crippen LogP contribution is 2.61. The first-order chi connectivity index (χ1) is 29.7. The summed E-state index contributed by atoms with van der Waals surface area (Å²) in [5.41, 5.74) is 17.3. The summed E-state index contributed by atoms with van der Waals surface area (Å²) >= 11 is 0. The molecule has 0 radical (unpaired) electrons. The van der Waals surface area contributed by atoms with Crippen molar-refractivity contribution in [2.75, 3.05) is 4.90 Å². The Kier molecular flexibility index (Phi) is 8.10. The molecule has 60 heavy (non-hydrogen) atoms.